The molecule has 12 heavy (non-hydrogen) atoms. The molecule has 4 heteroatoms. The first kappa shape index (κ1) is 9.29. The van der Waals surface area contributed by atoms with Crippen LogP contribution in [0.4, 0.5) is 5.69 Å². The SMILES string of the molecule is CN(C)c1ccnc(CO)c1Cl. The smallest absolute Gasteiger partial charge is 0.0878 e. The van der Waals surface area contributed by atoms with Crippen LogP contribution in [-0.2, 0) is 6.61 Å². The molecule has 0 aromatic carbocycles. The van der Waals surface area contributed by atoms with Gasteiger partial charge in [-0.05, 0) is 6.07 Å². The highest BCUT2D eigenvalue weighted by Gasteiger charge is 2.06. The normalized spacial score (nSPS) is 10.0. The average molecular weight is 187 g/mol. The van der Waals surface area contributed by atoms with Crippen molar-refractivity contribution in [1.82, 2.24) is 4.98 Å². The van der Waals surface area contributed by atoms with Crippen molar-refractivity contribution in [2.24, 2.45) is 0 Å². The number of anilines is 1. The second-order valence-corrected chi connectivity index (χ2v) is 3.02. The third-order valence-electron chi connectivity index (χ3n) is 1.57. The van der Waals surface area contributed by atoms with Crippen molar-refractivity contribution >= 4 is 17.3 Å². The zero-order chi connectivity index (χ0) is 9.14. The Kier molecular flexibility index (Phi) is 2.89. The third kappa shape index (κ3) is 1.68. The summed E-state index contributed by atoms with van der Waals surface area (Å²) in [6.45, 7) is -0.124. The predicted molar refractivity (Wildman–Crippen MR) is 49.5 cm³/mol. The van der Waals surface area contributed by atoms with Crippen LogP contribution in [0.1, 0.15) is 5.69 Å². The highest BCUT2D eigenvalue weighted by molar-refractivity contribution is 6.33. The Labute approximate surface area is 76.6 Å². The van der Waals surface area contributed by atoms with E-state index in [1.54, 1.807) is 6.20 Å². The highest BCUT2D eigenvalue weighted by atomic mass is 35.5. The molecule has 1 N–H and O–H groups in total. The molecule has 0 amide bonds. The van der Waals surface area contributed by atoms with E-state index < -0.39 is 0 Å². The molecule has 0 atom stereocenters. The van der Waals surface area contributed by atoms with Gasteiger partial charge in [-0.1, -0.05) is 11.6 Å². The molecule has 1 heterocycles. The Balaban J connectivity index is 3.14. The summed E-state index contributed by atoms with van der Waals surface area (Å²) in [7, 11) is 3.78. The van der Waals surface area contributed by atoms with Gasteiger partial charge in [-0.3, -0.25) is 4.98 Å². The first-order valence-corrected chi connectivity index (χ1v) is 3.96. The van der Waals surface area contributed by atoms with Crippen molar-refractivity contribution in [3.05, 3.63) is 23.0 Å². The van der Waals surface area contributed by atoms with E-state index >= 15 is 0 Å². The third-order valence-corrected chi connectivity index (χ3v) is 1.98. The monoisotopic (exact) mass is 186 g/mol. The maximum absolute atomic E-state index is 8.86. The van der Waals surface area contributed by atoms with Crippen molar-refractivity contribution in [1.29, 1.82) is 0 Å². The molecule has 0 unspecified atom stereocenters. The van der Waals surface area contributed by atoms with Crippen LogP contribution in [0.25, 0.3) is 0 Å². The maximum atomic E-state index is 8.86. The fraction of sp³-hybridized carbons (Fsp3) is 0.375. The van der Waals surface area contributed by atoms with E-state index in [-0.39, 0.29) is 6.61 Å². The van der Waals surface area contributed by atoms with E-state index in [0.717, 1.165) is 5.69 Å². The van der Waals surface area contributed by atoms with Crippen LogP contribution in [0, 0.1) is 0 Å². The van der Waals surface area contributed by atoms with Gasteiger partial charge in [0.1, 0.15) is 0 Å². The molecule has 1 aromatic rings. The summed E-state index contributed by atoms with van der Waals surface area (Å²) in [6, 6.07) is 1.81. The second-order valence-electron chi connectivity index (χ2n) is 2.64. The van der Waals surface area contributed by atoms with Crippen molar-refractivity contribution in [3.63, 3.8) is 0 Å². The lowest BCUT2D eigenvalue weighted by atomic mass is 10.3. The van der Waals surface area contributed by atoms with Gasteiger partial charge in [-0.15, -0.1) is 0 Å². The minimum atomic E-state index is -0.124. The van der Waals surface area contributed by atoms with Crippen LogP contribution in [0.15, 0.2) is 12.3 Å². The molecule has 3 nitrogen and oxygen atoms in total. The van der Waals surface area contributed by atoms with Crippen molar-refractivity contribution in [3.8, 4) is 0 Å². The van der Waals surface area contributed by atoms with Gasteiger partial charge in [0.25, 0.3) is 0 Å². The number of nitrogens with zero attached hydrogens (tertiary/aromatic N) is 2. The lowest BCUT2D eigenvalue weighted by Gasteiger charge is -2.14. The summed E-state index contributed by atoms with van der Waals surface area (Å²) in [6.07, 6.45) is 1.63. The van der Waals surface area contributed by atoms with Crippen molar-refractivity contribution < 1.29 is 5.11 Å². The zero-order valence-electron chi connectivity index (χ0n) is 7.08. The number of rotatable bonds is 2. The molecule has 0 bridgehead atoms. The number of aromatic nitrogens is 1. The van der Waals surface area contributed by atoms with Crippen LogP contribution in [0.3, 0.4) is 0 Å². The molecular weight excluding hydrogens is 176 g/mol. The molecule has 0 saturated heterocycles. The summed E-state index contributed by atoms with van der Waals surface area (Å²) in [4.78, 5) is 5.81. The fourth-order valence-corrected chi connectivity index (χ4v) is 1.27. The number of aliphatic hydroxyl groups is 1. The number of hydrogen-bond acceptors (Lipinski definition) is 3. The topological polar surface area (TPSA) is 36.4 Å². The molecule has 0 aliphatic heterocycles. The first-order chi connectivity index (χ1) is 5.66. The predicted octanol–water partition coefficient (Wildman–Crippen LogP) is 1.29. The van der Waals surface area contributed by atoms with Crippen LogP contribution in [0.5, 0.6) is 0 Å². The molecule has 0 spiro atoms. The summed E-state index contributed by atoms with van der Waals surface area (Å²) in [5.74, 6) is 0. The average Bonchev–Trinajstić information content (AvgIpc) is 2.04. The van der Waals surface area contributed by atoms with Crippen LogP contribution in [0.2, 0.25) is 5.02 Å². The first-order valence-electron chi connectivity index (χ1n) is 3.58. The maximum Gasteiger partial charge on any atom is 0.0878 e. The molecule has 1 aromatic heterocycles. The number of hydrogen-bond donors (Lipinski definition) is 1. The number of pyridine rings is 1. The largest absolute Gasteiger partial charge is 0.390 e. The number of aliphatic hydroxyl groups excluding tert-OH is 1. The van der Waals surface area contributed by atoms with Crippen molar-refractivity contribution in [2.75, 3.05) is 19.0 Å². The standard InChI is InChI=1S/C8H11ClN2O/c1-11(2)7-3-4-10-6(5-12)8(7)9/h3-4,12H,5H2,1-2H3. The Bertz CT molecular complexity index is 276. The molecule has 0 saturated carbocycles. The van der Waals surface area contributed by atoms with E-state index in [4.69, 9.17) is 16.7 Å². The highest BCUT2D eigenvalue weighted by Crippen LogP contribution is 2.25. The summed E-state index contributed by atoms with van der Waals surface area (Å²) < 4.78 is 0. The molecule has 0 aliphatic carbocycles. The Morgan fingerprint density at radius 3 is 2.75 bits per heavy atom. The summed E-state index contributed by atoms with van der Waals surface area (Å²) >= 11 is 5.94. The van der Waals surface area contributed by atoms with Crippen LogP contribution < -0.4 is 4.90 Å². The van der Waals surface area contributed by atoms with E-state index in [2.05, 4.69) is 4.98 Å². The molecule has 66 valence electrons. The van der Waals surface area contributed by atoms with E-state index in [1.807, 2.05) is 25.1 Å². The molecular formula is C8H11ClN2O. The Hall–Kier alpha value is -0.800. The lowest BCUT2D eigenvalue weighted by molar-refractivity contribution is 0.277. The van der Waals surface area contributed by atoms with E-state index in [1.165, 1.54) is 0 Å². The van der Waals surface area contributed by atoms with Crippen LogP contribution >= 0.6 is 11.6 Å². The van der Waals surface area contributed by atoms with Crippen molar-refractivity contribution in [2.45, 2.75) is 6.61 Å². The zero-order valence-corrected chi connectivity index (χ0v) is 7.84. The van der Waals surface area contributed by atoms with Gasteiger partial charge < -0.3 is 10.0 Å². The molecule has 0 aliphatic rings. The number of halogens is 1. The second kappa shape index (κ2) is 3.74. The van der Waals surface area contributed by atoms with Gasteiger partial charge >= 0.3 is 0 Å². The minimum absolute atomic E-state index is 0.124. The van der Waals surface area contributed by atoms with Gasteiger partial charge in [0.2, 0.25) is 0 Å². The van der Waals surface area contributed by atoms with Gasteiger partial charge in [-0.2, -0.15) is 0 Å². The Morgan fingerprint density at radius 1 is 1.58 bits per heavy atom. The molecule has 0 radical (unpaired) electrons. The fourth-order valence-electron chi connectivity index (χ4n) is 0.931. The Morgan fingerprint density at radius 2 is 2.25 bits per heavy atom. The van der Waals surface area contributed by atoms with Gasteiger partial charge in [0.15, 0.2) is 0 Å². The lowest BCUT2D eigenvalue weighted by Crippen LogP contribution is -2.10. The van der Waals surface area contributed by atoms with E-state index in [0.29, 0.717) is 10.7 Å². The van der Waals surface area contributed by atoms with E-state index in [9.17, 15) is 0 Å². The summed E-state index contributed by atoms with van der Waals surface area (Å²) in [5.41, 5.74) is 1.39. The van der Waals surface area contributed by atoms with Gasteiger partial charge in [0, 0.05) is 20.3 Å². The minimum Gasteiger partial charge on any atom is -0.390 e. The molecule has 0 fully saturated rings. The quantitative estimate of drug-likeness (QED) is 0.757. The van der Waals surface area contributed by atoms with Crippen LogP contribution in [-0.4, -0.2) is 24.2 Å². The summed E-state index contributed by atoms with van der Waals surface area (Å²) in [5, 5.41) is 9.38. The van der Waals surface area contributed by atoms with Gasteiger partial charge in [0.05, 0.1) is 23.0 Å². The molecule has 1 rings (SSSR count). The van der Waals surface area contributed by atoms with Gasteiger partial charge in [-0.25, -0.2) is 0 Å².